The highest BCUT2D eigenvalue weighted by Crippen LogP contribution is 2.18. The van der Waals surface area contributed by atoms with Crippen molar-refractivity contribution in [2.24, 2.45) is 0 Å². The lowest BCUT2D eigenvalue weighted by molar-refractivity contribution is 0.306. The summed E-state index contributed by atoms with van der Waals surface area (Å²) in [6.45, 7) is 5.13. The number of rotatable bonds is 2. The summed E-state index contributed by atoms with van der Waals surface area (Å²) < 4.78 is 24.7. The molecule has 106 valence electrons. The Balaban J connectivity index is 2.16. The van der Waals surface area contributed by atoms with Crippen molar-refractivity contribution in [2.75, 3.05) is 30.8 Å². The molecule has 1 aliphatic heterocycles. The van der Waals surface area contributed by atoms with Crippen molar-refractivity contribution in [2.45, 2.75) is 19.9 Å². The van der Waals surface area contributed by atoms with Gasteiger partial charge < -0.3 is 4.90 Å². The largest absolute Gasteiger partial charge is 0.337 e. The number of anilines is 1. The fourth-order valence-electron chi connectivity index (χ4n) is 2.13. The van der Waals surface area contributed by atoms with E-state index in [1.807, 2.05) is 11.8 Å². The lowest BCUT2D eigenvalue weighted by Gasteiger charge is -2.38. The normalized spacial score (nSPS) is 21.7. The van der Waals surface area contributed by atoms with Crippen molar-refractivity contribution in [3.63, 3.8) is 0 Å². The average molecular weight is 306 g/mol. The SMILES string of the molecule is Cc1nc(N2CCN(S(C)(=O)=O)[C@@H](C)C2)nnc1Cl. The first-order valence-corrected chi connectivity index (χ1v) is 8.10. The van der Waals surface area contributed by atoms with Crippen molar-refractivity contribution in [1.29, 1.82) is 0 Å². The molecule has 9 heteroatoms. The van der Waals surface area contributed by atoms with Crippen LogP contribution in [0.3, 0.4) is 0 Å². The molecule has 1 saturated heterocycles. The van der Waals surface area contributed by atoms with Gasteiger partial charge in [-0.05, 0) is 13.8 Å². The maximum absolute atomic E-state index is 11.6. The van der Waals surface area contributed by atoms with Crippen LogP contribution in [0.5, 0.6) is 0 Å². The number of aromatic nitrogens is 3. The van der Waals surface area contributed by atoms with Crippen LogP contribution in [0.1, 0.15) is 12.6 Å². The van der Waals surface area contributed by atoms with E-state index in [-0.39, 0.29) is 11.2 Å². The van der Waals surface area contributed by atoms with Gasteiger partial charge in [0, 0.05) is 25.7 Å². The summed E-state index contributed by atoms with van der Waals surface area (Å²) in [5.74, 6) is 0.488. The Bertz CT molecular complexity index is 579. The minimum absolute atomic E-state index is 0.122. The van der Waals surface area contributed by atoms with Crippen LogP contribution in [0.2, 0.25) is 5.15 Å². The van der Waals surface area contributed by atoms with E-state index in [0.717, 1.165) is 0 Å². The van der Waals surface area contributed by atoms with Gasteiger partial charge in [0.2, 0.25) is 16.0 Å². The number of halogens is 1. The lowest BCUT2D eigenvalue weighted by Crippen LogP contribution is -2.54. The van der Waals surface area contributed by atoms with Crippen molar-refractivity contribution in [3.8, 4) is 0 Å². The summed E-state index contributed by atoms with van der Waals surface area (Å²) in [4.78, 5) is 6.19. The van der Waals surface area contributed by atoms with Crippen LogP contribution in [0.15, 0.2) is 0 Å². The molecule has 0 spiro atoms. The van der Waals surface area contributed by atoms with Gasteiger partial charge in [-0.1, -0.05) is 11.6 Å². The van der Waals surface area contributed by atoms with Crippen molar-refractivity contribution in [1.82, 2.24) is 19.5 Å². The third kappa shape index (κ3) is 3.13. The maximum atomic E-state index is 11.6. The molecule has 2 heterocycles. The van der Waals surface area contributed by atoms with Gasteiger partial charge >= 0.3 is 0 Å². The van der Waals surface area contributed by atoms with Gasteiger partial charge in [0.15, 0.2) is 5.15 Å². The van der Waals surface area contributed by atoms with E-state index in [1.54, 1.807) is 6.92 Å². The van der Waals surface area contributed by atoms with Gasteiger partial charge in [0.1, 0.15) is 0 Å². The second-order valence-electron chi connectivity index (χ2n) is 4.66. The van der Waals surface area contributed by atoms with Crippen LogP contribution in [0.25, 0.3) is 0 Å². The van der Waals surface area contributed by atoms with E-state index in [1.165, 1.54) is 10.6 Å². The van der Waals surface area contributed by atoms with E-state index in [9.17, 15) is 8.42 Å². The maximum Gasteiger partial charge on any atom is 0.245 e. The standard InChI is InChI=1S/C10H16ClN5O2S/c1-7-6-15(4-5-16(7)19(3,17)18)10-12-8(2)9(11)13-14-10/h7H,4-6H2,1-3H3/t7-/m0/s1. The number of nitrogens with zero attached hydrogens (tertiary/aromatic N) is 5. The number of aryl methyl sites for hydroxylation is 1. The second kappa shape index (κ2) is 5.18. The number of sulfonamides is 1. The highest BCUT2D eigenvalue weighted by Gasteiger charge is 2.31. The number of hydrogen-bond acceptors (Lipinski definition) is 6. The van der Waals surface area contributed by atoms with Crippen molar-refractivity contribution in [3.05, 3.63) is 10.8 Å². The van der Waals surface area contributed by atoms with Gasteiger partial charge in [-0.2, -0.15) is 4.31 Å². The second-order valence-corrected chi connectivity index (χ2v) is 6.95. The zero-order valence-electron chi connectivity index (χ0n) is 11.0. The lowest BCUT2D eigenvalue weighted by atomic mass is 10.2. The Kier molecular flexibility index (Phi) is 3.93. The van der Waals surface area contributed by atoms with Crippen LogP contribution in [0, 0.1) is 6.92 Å². The number of piperazine rings is 1. The Hall–Kier alpha value is -0.990. The fourth-order valence-corrected chi connectivity index (χ4v) is 3.34. The minimum Gasteiger partial charge on any atom is -0.337 e. The molecule has 7 nitrogen and oxygen atoms in total. The molecule has 1 fully saturated rings. The summed E-state index contributed by atoms with van der Waals surface area (Å²) in [7, 11) is -3.17. The molecule has 0 amide bonds. The molecule has 2 rings (SSSR count). The average Bonchev–Trinajstić information content (AvgIpc) is 2.31. The highest BCUT2D eigenvalue weighted by atomic mass is 35.5. The number of hydrogen-bond donors (Lipinski definition) is 0. The molecule has 0 radical (unpaired) electrons. The fraction of sp³-hybridized carbons (Fsp3) is 0.700. The third-order valence-corrected chi connectivity index (χ3v) is 4.81. The van der Waals surface area contributed by atoms with Gasteiger partial charge in [-0.25, -0.2) is 13.4 Å². The summed E-state index contributed by atoms with van der Waals surface area (Å²) in [6.07, 6.45) is 1.23. The third-order valence-electron chi connectivity index (χ3n) is 3.07. The van der Waals surface area contributed by atoms with Gasteiger partial charge in [0.25, 0.3) is 0 Å². The summed E-state index contributed by atoms with van der Waals surface area (Å²) in [5.41, 5.74) is 0.616. The molecule has 19 heavy (non-hydrogen) atoms. The van der Waals surface area contributed by atoms with Crippen LogP contribution in [0.4, 0.5) is 5.95 Å². The predicted molar refractivity (Wildman–Crippen MR) is 72.8 cm³/mol. The molecule has 1 aliphatic rings. The molecular weight excluding hydrogens is 290 g/mol. The molecule has 0 aliphatic carbocycles. The zero-order chi connectivity index (χ0) is 14.2. The van der Waals surface area contributed by atoms with Gasteiger partial charge in [-0.15, -0.1) is 10.2 Å². The Labute approximate surface area is 117 Å². The highest BCUT2D eigenvalue weighted by molar-refractivity contribution is 7.88. The predicted octanol–water partition coefficient (Wildman–Crippen LogP) is 0.304. The Morgan fingerprint density at radius 3 is 2.53 bits per heavy atom. The van der Waals surface area contributed by atoms with Crippen LogP contribution >= 0.6 is 11.6 Å². The minimum atomic E-state index is -3.17. The molecule has 0 bridgehead atoms. The summed E-state index contributed by atoms with van der Waals surface area (Å²) >= 11 is 5.79. The topological polar surface area (TPSA) is 79.3 Å². The Morgan fingerprint density at radius 2 is 2.00 bits per heavy atom. The monoisotopic (exact) mass is 305 g/mol. The molecule has 0 aromatic carbocycles. The molecule has 1 aromatic rings. The first kappa shape index (κ1) is 14.4. The summed E-state index contributed by atoms with van der Waals surface area (Å²) in [6, 6.07) is -0.122. The summed E-state index contributed by atoms with van der Waals surface area (Å²) in [5, 5.41) is 8.06. The van der Waals surface area contributed by atoms with Crippen molar-refractivity contribution < 1.29 is 8.42 Å². The van der Waals surface area contributed by atoms with E-state index in [4.69, 9.17) is 11.6 Å². The quantitative estimate of drug-likeness (QED) is 0.782. The smallest absolute Gasteiger partial charge is 0.245 e. The van der Waals surface area contributed by atoms with Gasteiger partial charge in [-0.3, -0.25) is 0 Å². The Morgan fingerprint density at radius 1 is 1.32 bits per heavy atom. The van der Waals surface area contributed by atoms with Crippen LogP contribution < -0.4 is 4.90 Å². The van der Waals surface area contributed by atoms with Crippen LogP contribution in [-0.2, 0) is 10.0 Å². The zero-order valence-corrected chi connectivity index (χ0v) is 12.6. The van der Waals surface area contributed by atoms with E-state index >= 15 is 0 Å². The van der Waals surface area contributed by atoms with E-state index < -0.39 is 10.0 Å². The van der Waals surface area contributed by atoms with E-state index in [0.29, 0.717) is 31.3 Å². The molecule has 0 saturated carbocycles. The van der Waals surface area contributed by atoms with Crippen LogP contribution in [-0.4, -0.2) is 59.8 Å². The van der Waals surface area contributed by atoms with E-state index in [2.05, 4.69) is 15.2 Å². The molecule has 1 aromatic heterocycles. The molecule has 0 N–H and O–H groups in total. The molecule has 1 atom stereocenters. The first-order chi connectivity index (χ1) is 8.79. The van der Waals surface area contributed by atoms with Crippen molar-refractivity contribution >= 4 is 27.6 Å². The molecular formula is C10H16ClN5O2S. The first-order valence-electron chi connectivity index (χ1n) is 5.87. The molecule has 0 unspecified atom stereocenters. The van der Waals surface area contributed by atoms with Gasteiger partial charge in [0.05, 0.1) is 11.9 Å².